The van der Waals surface area contributed by atoms with Crippen molar-refractivity contribution in [2.45, 2.75) is 64.9 Å². The van der Waals surface area contributed by atoms with E-state index in [1.165, 1.54) is 0 Å². The summed E-state index contributed by atoms with van der Waals surface area (Å²) in [5.41, 5.74) is -0.0127. The maximum absolute atomic E-state index is 6.15. The van der Waals surface area contributed by atoms with Gasteiger partial charge in [0, 0.05) is 14.2 Å². The topological polar surface area (TPSA) is 27.7 Å². The molecule has 98 valence electrons. The fraction of sp³-hybridized carbons (Fsp3) is 1.00. The van der Waals surface area contributed by atoms with Crippen LogP contribution < -0.4 is 0 Å². The lowest BCUT2D eigenvalue weighted by atomic mass is 9.88. The van der Waals surface area contributed by atoms with Gasteiger partial charge in [-0.1, -0.05) is 40.0 Å². The Morgan fingerprint density at radius 2 is 1.19 bits per heavy atom. The van der Waals surface area contributed by atoms with Crippen LogP contribution in [0.15, 0.2) is 0 Å². The molecule has 0 unspecified atom stereocenters. The molecular formula is C12H28O3Si. The third-order valence-electron chi connectivity index (χ3n) is 2.85. The third-order valence-corrected chi connectivity index (χ3v) is 4.31. The molecule has 0 aromatic heterocycles. The Morgan fingerprint density at radius 3 is 1.44 bits per heavy atom. The van der Waals surface area contributed by atoms with Crippen molar-refractivity contribution in [2.75, 3.05) is 14.2 Å². The van der Waals surface area contributed by atoms with E-state index in [-0.39, 0.29) is 5.60 Å². The van der Waals surface area contributed by atoms with Gasteiger partial charge in [0.05, 0.1) is 5.60 Å². The molecule has 0 aliphatic heterocycles. The highest BCUT2D eigenvalue weighted by Gasteiger charge is 2.32. The molecule has 0 saturated carbocycles. The SMILES string of the molecule is CCCC(CCC)(CCC)O[SiH](OC)OC. The minimum Gasteiger partial charge on any atom is -0.379 e. The molecule has 0 N–H and O–H groups in total. The second-order valence-electron chi connectivity index (χ2n) is 4.31. The Labute approximate surface area is 102 Å². The molecule has 0 aliphatic carbocycles. The van der Waals surface area contributed by atoms with Crippen molar-refractivity contribution in [1.82, 2.24) is 0 Å². The van der Waals surface area contributed by atoms with E-state index in [4.69, 9.17) is 13.3 Å². The maximum Gasteiger partial charge on any atom is 0.484 e. The smallest absolute Gasteiger partial charge is 0.379 e. The first-order valence-corrected chi connectivity index (χ1v) is 7.82. The lowest BCUT2D eigenvalue weighted by molar-refractivity contribution is -0.0163. The monoisotopic (exact) mass is 248 g/mol. The molecule has 0 aliphatic rings. The molecule has 0 fully saturated rings. The van der Waals surface area contributed by atoms with Crippen LogP contribution in [0.1, 0.15) is 59.3 Å². The molecule has 0 aromatic carbocycles. The highest BCUT2D eigenvalue weighted by Crippen LogP contribution is 2.30. The van der Waals surface area contributed by atoms with Gasteiger partial charge >= 0.3 is 9.53 Å². The highest BCUT2D eigenvalue weighted by atomic mass is 28.3. The van der Waals surface area contributed by atoms with Gasteiger partial charge in [-0.2, -0.15) is 0 Å². The van der Waals surface area contributed by atoms with Crippen molar-refractivity contribution in [3.8, 4) is 0 Å². The van der Waals surface area contributed by atoms with E-state index in [0.717, 1.165) is 38.5 Å². The largest absolute Gasteiger partial charge is 0.484 e. The lowest BCUT2D eigenvalue weighted by Crippen LogP contribution is -2.41. The Kier molecular flexibility index (Phi) is 9.22. The number of hydrogen-bond donors (Lipinski definition) is 0. The molecule has 0 heterocycles. The average molecular weight is 248 g/mol. The van der Waals surface area contributed by atoms with Gasteiger partial charge in [0.1, 0.15) is 0 Å². The first-order valence-electron chi connectivity index (χ1n) is 6.41. The van der Waals surface area contributed by atoms with Crippen LogP contribution in [0.3, 0.4) is 0 Å². The van der Waals surface area contributed by atoms with Crippen LogP contribution >= 0.6 is 0 Å². The van der Waals surface area contributed by atoms with Gasteiger partial charge in [-0.15, -0.1) is 0 Å². The summed E-state index contributed by atoms with van der Waals surface area (Å²) >= 11 is 0. The first-order chi connectivity index (χ1) is 7.67. The predicted octanol–water partition coefficient (Wildman–Crippen LogP) is 3.15. The van der Waals surface area contributed by atoms with E-state index in [0.29, 0.717) is 0 Å². The molecule has 0 aromatic rings. The molecule has 0 atom stereocenters. The first kappa shape index (κ1) is 16.1. The molecule has 0 rings (SSSR count). The van der Waals surface area contributed by atoms with E-state index in [1.807, 2.05) is 0 Å². The zero-order valence-electron chi connectivity index (χ0n) is 11.5. The minimum absolute atomic E-state index is 0.0127. The summed E-state index contributed by atoms with van der Waals surface area (Å²) in [6.45, 7) is 6.62. The van der Waals surface area contributed by atoms with Gasteiger partial charge < -0.3 is 13.3 Å². The standard InChI is InChI=1S/C12H28O3Si/c1-6-9-12(10-7-2,11-8-3)15-16(13-4)14-5/h16H,6-11H2,1-5H3. The van der Waals surface area contributed by atoms with Gasteiger partial charge in [0.2, 0.25) is 0 Å². The van der Waals surface area contributed by atoms with E-state index in [9.17, 15) is 0 Å². The van der Waals surface area contributed by atoms with Crippen LogP contribution in [0.2, 0.25) is 0 Å². The van der Waals surface area contributed by atoms with Gasteiger partial charge in [-0.3, -0.25) is 0 Å². The number of rotatable bonds is 10. The zero-order valence-corrected chi connectivity index (χ0v) is 12.7. The van der Waals surface area contributed by atoms with E-state index in [1.54, 1.807) is 14.2 Å². The van der Waals surface area contributed by atoms with E-state index >= 15 is 0 Å². The minimum atomic E-state index is -1.91. The van der Waals surface area contributed by atoms with Crippen LogP contribution in [0.5, 0.6) is 0 Å². The van der Waals surface area contributed by atoms with Crippen molar-refractivity contribution < 1.29 is 13.3 Å². The van der Waals surface area contributed by atoms with Crippen molar-refractivity contribution >= 4 is 9.53 Å². The number of hydrogen-bond acceptors (Lipinski definition) is 3. The quantitative estimate of drug-likeness (QED) is 0.556. The molecular weight excluding hydrogens is 220 g/mol. The Bertz CT molecular complexity index is 143. The highest BCUT2D eigenvalue weighted by molar-refractivity contribution is 6.36. The molecule has 0 radical (unpaired) electrons. The Morgan fingerprint density at radius 1 is 0.812 bits per heavy atom. The molecule has 0 spiro atoms. The van der Waals surface area contributed by atoms with Crippen molar-refractivity contribution in [3.63, 3.8) is 0 Å². The van der Waals surface area contributed by atoms with Crippen molar-refractivity contribution in [2.24, 2.45) is 0 Å². The molecule has 4 heteroatoms. The van der Waals surface area contributed by atoms with Crippen LogP contribution in [-0.4, -0.2) is 29.3 Å². The predicted molar refractivity (Wildman–Crippen MR) is 69.7 cm³/mol. The molecule has 0 bridgehead atoms. The summed E-state index contributed by atoms with van der Waals surface area (Å²) in [6.07, 6.45) is 6.75. The zero-order chi connectivity index (χ0) is 12.4. The summed E-state index contributed by atoms with van der Waals surface area (Å²) in [4.78, 5) is 0. The molecule has 16 heavy (non-hydrogen) atoms. The molecule has 0 amide bonds. The van der Waals surface area contributed by atoms with Crippen molar-refractivity contribution in [1.29, 1.82) is 0 Å². The normalized spacial score (nSPS) is 12.4. The summed E-state index contributed by atoms with van der Waals surface area (Å²) in [7, 11) is 1.44. The molecule has 3 nitrogen and oxygen atoms in total. The summed E-state index contributed by atoms with van der Waals surface area (Å²) in [5.74, 6) is 0. The van der Waals surface area contributed by atoms with Gasteiger partial charge in [0.25, 0.3) is 0 Å². The van der Waals surface area contributed by atoms with E-state index in [2.05, 4.69) is 20.8 Å². The van der Waals surface area contributed by atoms with Gasteiger partial charge in [-0.05, 0) is 19.3 Å². The second kappa shape index (κ2) is 9.16. The van der Waals surface area contributed by atoms with E-state index < -0.39 is 9.53 Å². The summed E-state index contributed by atoms with van der Waals surface area (Å²) in [5, 5.41) is 0. The second-order valence-corrected chi connectivity index (χ2v) is 6.07. The van der Waals surface area contributed by atoms with Crippen LogP contribution in [-0.2, 0) is 13.3 Å². The Hall–Kier alpha value is 0.0969. The average Bonchev–Trinajstić information content (AvgIpc) is 2.27. The van der Waals surface area contributed by atoms with Crippen LogP contribution in [0.25, 0.3) is 0 Å². The lowest BCUT2D eigenvalue weighted by Gasteiger charge is -2.35. The van der Waals surface area contributed by atoms with Crippen LogP contribution in [0, 0.1) is 0 Å². The fourth-order valence-corrected chi connectivity index (χ4v) is 3.46. The Balaban J connectivity index is 4.56. The third kappa shape index (κ3) is 5.43. The molecule has 0 saturated heterocycles. The van der Waals surface area contributed by atoms with Crippen LogP contribution in [0.4, 0.5) is 0 Å². The summed E-state index contributed by atoms with van der Waals surface area (Å²) in [6, 6.07) is 0. The van der Waals surface area contributed by atoms with Gasteiger partial charge in [-0.25, -0.2) is 0 Å². The van der Waals surface area contributed by atoms with Crippen molar-refractivity contribution in [3.05, 3.63) is 0 Å². The fourth-order valence-electron chi connectivity index (χ4n) is 2.32. The summed E-state index contributed by atoms with van der Waals surface area (Å²) < 4.78 is 16.7. The van der Waals surface area contributed by atoms with Gasteiger partial charge in [0.15, 0.2) is 0 Å². The maximum atomic E-state index is 6.15.